The van der Waals surface area contributed by atoms with Gasteiger partial charge in [-0.2, -0.15) is 0 Å². The van der Waals surface area contributed by atoms with Crippen LogP contribution in [0.5, 0.6) is 0 Å². The van der Waals surface area contributed by atoms with Crippen molar-refractivity contribution in [1.82, 2.24) is 9.97 Å². The van der Waals surface area contributed by atoms with E-state index in [1.165, 1.54) is 18.3 Å². The summed E-state index contributed by atoms with van der Waals surface area (Å²) in [6.45, 7) is 11.0. The van der Waals surface area contributed by atoms with Crippen molar-refractivity contribution < 1.29 is 13.2 Å². The van der Waals surface area contributed by atoms with Crippen LogP contribution in [0.4, 0.5) is 11.6 Å². The summed E-state index contributed by atoms with van der Waals surface area (Å²) < 4.78 is 27.1. The van der Waals surface area contributed by atoms with E-state index in [2.05, 4.69) is 43.0 Å². The molecule has 1 fully saturated rings. The Kier molecular flexibility index (Phi) is 6.78. The number of rotatable bonds is 8. The summed E-state index contributed by atoms with van der Waals surface area (Å²) in [4.78, 5) is 23.0. The lowest BCUT2D eigenvalue weighted by Crippen LogP contribution is -2.40. The van der Waals surface area contributed by atoms with E-state index < -0.39 is 15.7 Å². The maximum absolute atomic E-state index is 13.6. The number of pyridine rings is 2. The van der Waals surface area contributed by atoms with E-state index >= 15 is 0 Å². The van der Waals surface area contributed by atoms with Crippen LogP contribution in [0.2, 0.25) is 0 Å². The van der Waals surface area contributed by atoms with Gasteiger partial charge < -0.3 is 16.0 Å². The quantitative estimate of drug-likeness (QED) is 0.619. The molecular formula is C23H33N5O3S. The first kappa shape index (κ1) is 24.0. The van der Waals surface area contributed by atoms with Crippen molar-refractivity contribution in [3.63, 3.8) is 0 Å². The minimum atomic E-state index is -4.11. The van der Waals surface area contributed by atoms with Crippen molar-refractivity contribution in [1.29, 1.82) is 0 Å². The molecule has 32 heavy (non-hydrogen) atoms. The fraction of sp³-hybridized carbons (Fsp3) is 0.522. The maximum atomic E-state index is 13.6. The number of carbonyl (C=O) groups excluding carboxylic acids is 1. The number of hydrogen-bond donors (Lipinski definition) is 2. The molecule has 2 aromatic rings. The number of amides is 1. The lowest BCUT2D eigenvalue weighted by molar-refractivity contribution is 0.0997. The Morgan fingerprint density at radius 1 is 1.34 bits per heavy atom. The molecule has 1 aliphatic heterocycles. The van der Waals surface area contributed by atoms with Gasteiger partial charge in [0.1, 0.15) is 17.2 Å². The molecule has 0 spiro atoms. The summed E-state index contributed by atoms with van der Waals surface area (Å²) >= 11 is 0. The van der Waals surface area contributed by atoms with E-state index in [0.717, 1.165) is 19.3 Å². The standard InChI is InChI=1S/C23H33N5O3S/c1-6-8-16(3)26-18-9-7-10-19(27-18)32(30,31)17-11-12-25-22(20(17)21(24)29)28-14-15(2)13-23(28,4)5/h7,9-12,15-16H,6,8,13-14H2,1-5H3,(H2,24,29)(H,26,27). The van der Waals surface area contributed by atoms with Crippen molar-refractivity contribution >= 4 is 27.4 Å². The van der Waals surface area contributed by atoms with Crippen LogP contribution in [0.15, 0.2) is 40.4 Å². The molecular weight excluding hydrogens is 426 g/mol. The summed E-state index contributed by atoms with van der Waals surface area (Å²) in [5, 5.41) is 3.09. The minimum Gasteiger partial charge on any atom is -0.368 e. The summed E-state index contributed by atoms with van der Waals surface area (Å²) in [7, 11) is -4.11. The molecule has 2 unspecified atom stereocenters. The van der Waals surface area contributed by atoms with E-state index in [-0.39, 0.29) is 27.1 Å². The predicted molar refractivity (Wildman–Crippen MR) is 126 cm³/mol. The van der Waals surface area contributed by atoms with Gasteiger partial charge in [0.25, 0.3) is 5.91 Å². The number of sulfone groups is 1. The van der Waals surface area contributed by atoms with Gasteiger partial charge >= 0.3 is 0 Å². The molecule has 1 aliphatic rings. The predicted octanol–water partition coefficient (Wildman–Crippen LogP) is 3.63. The Balaban J connectivity index is 2.09. The Morgan fingerprint density at radius 2 is 2.06 bits per heavy atom. The molecule has 174 valence electrons. The largest absolute Gasteiger partial charge is 0.368 e. The lowest BCUT2D eigenvalue weighted by Gasteiger charge is -2.33. The van der Waals surface area contributed by atoms with Crippen molar-refractivity contribution in [2.75, 3.05) is 16.8 Å². The normalized spacial score (nSPS) is 19.0. The molecule has 3 N–H and O–H groups in total. The van der Waals surface area contributed by atoms with Gasteiger partial charge in [-0.05, 0) is 57.7 Å². The molecule has 8 nitrogen and oxygen atoms in total. The van der Waals surface area contributed by atoms with Crippen LogP contribution < -0.4 is 16.0 Å². The molecule has 0 bridgehead atoms. The second-order valence-electron chi connectivity index (χ2n) is 9.30. The maximum Gasteiger partial charge on any atom is 0.253 e. The van der Waals surface area contributed by atoms with Gasteiger partial charge in [-0.1, -0.05) is 26.3 Å². The highest BCUT2D eigenvalue weighted by Crippen LogP contribution is 2.39. The van der Waals surface area contributed by atoms with Gasteiger partial charge in [0.05, 0.1) is 4.90 Å². The Hall–Kier alpha value is -2.68. The molecule has 0 aromatic carbocycles. The highest BCUT2D eigenvalue weighted by Gasteiger charge is 2.40. The first-order valence-corrected chi connectivity index (χ1v) is 12.5. The molecule has 3 heterocycles. The Morgan fingerprint density at radius 3 is 2.66 bits per heavy atom. The average Bonchev–Trinajstić information content (AvgIpc) is 2.99. The average molecular weight is 460 g/mol. The third-order valence-electron chi connectivity index (χ3n) is 5.87. The molecule has 1 saturated heterocycles. The number of hydrogen-bond acceptors (Lipinski definition) is 7. The third-order valence-corrected chi connectivity index (χ3v) is 7.57. The molecule has 2 aromatic heterocycles. The SMILES string of the molecule is CCCC(C)Nc1cccc(S(=O)(=O)c2ccnc(N3CC(C)CC3(C)C)c2C(N)=O)n1. The van der Waals surface area contributed by atoms with E-state index in [1.807, 2.05) is 11.8 Å². The number of nitrogens with zero attached hydrogens (tertiary/aromatic N) is 3. The highest BCUT2D eigenvalue weighted by molar-refractivity contribution is 7.91. The molecule has 0 radical (unpaired) electrons. The van der Waals surface area contributed by atoms with E-state index in [0.29, 0.717) is 24.1 Å². The number of nitrogens with one attached hydrogen (secondary N) is 1. The van der Waals surface area contributed by atoms with Crippen LogP contribution in [0.3, 0.4) is 0 Å². The number of carbonyl (C=O) groups is 1. The van der Waals surface area contributed by atoms with E-state index in [4.69, 9.17) is 5.73 Å². The van der Waals surface area contributed by atoms with Crippen LogP contribution in [-0.4, -0.2) is 42.4 Å². The van der Waals surface area contributed by atoms with Gasteiger partial charge in [0, 0.05) is 24.3 Å². The molecule has 0 saturated carbocycles. The number of anilines is 2. The first-order chi connectivity index (χ1) is 15.0. The van der Waals surface area contributed by atoms with Crippen molar-refractivity contribution in [2.24, 2.45) is 11.7 Å². The highest BCUT2D eigenvalue weighted by atomic mass is 32.2. The van der Waals surface area contributed by atoms with Crippen molar-refractivity contribution in [3.05, 3.63) is 36.0 Å². The van der Waals surface area contributed by atoms with Crippen molar-refractivity contribution in [3.8, 4) is 0 Å². The first-order valence-electron chi connectivity index (χ1n) is 11.0. The zero-order valence-electron chi connectivity index (χ0n) is 19.4. The third kappa shape index (κ3) is 4.72. The van der Waals surface area contributed by atoms with Crippen molar-refractivity contribution in [2.45, 2.75) is 75.4 Å². The molecule has 9 heteroatoms. The summed E-state index contributed by atoms with van der Waals surface area (Å²) in [5.74, 6) is 0.324. The smallest absolute Gasteiger partial charge is 0.253 e. The number of nitrogens with two attached hydrogens (primary N) is 1. The van der Waals surface area contributed by atoms with Crippen LogP contribution in [0, 0.1) is 5.92 Å². The number of aromatic nitrogens is 2. The molecule has 2 atom stereocenters. The number of primary amides is 1. The van der Waals surface area contributed by atoms with Crippen LogP contribution in [0.25, 0.3) is 0 Å². The lowest BCUT2D eigenvalue weighted by atomic mass is 9.97. The fourth-order valence-corrected chi connectivity index (χ4v) is 5.97. The van der Waals surface area contributed by atoms with Crippen LogP contribution in [0.1, 0.15) is 64.2 Å². The second kappa shape index (κ2) is 9.05. The topological polar surface area (TPSA) is 118 Å². The monoisotopic (exact) mass is 459 g/mol. The van der Waals surface area contributed by atoms with E-state index in [9.17, 15) is 13.2 Å². The summed E-state index contributed by atoms with van der Waals surface area (Å²) in [6, 6.07) is 6.27. The van der Waals surface area contributed by atoms with Gasteiger partial charge in [-0.25, -0.2) is 18.4 Å². The minimum absolute atomic E-state index is 0.0887. The molecule has 1 amide bonds. The Bertz CT molecular complexity index is 1100. The molecule has 0 aliphatic carbocycles. The van der Waals surface area contributed by atoms with Gasteiger partial charge in [0.2, 0.25) is 9.84 Å². The van der Waals surface area contributed by atoms with Crippen LogP contribution in [-0.2, 0) is 9.84 Å². The molecule has 3 rings (SSSR count). The second-order valence-corrected chi connectivity index (χ2v) is 11.2. The van der Waals surface area contributed by atoms with Gasteiger partial charge in [0.15, 0.2) is 5.03 Å². The zero-order valence-corrected chi connectivity index (χ0v) is 20.2. The van der Waals surface area contributed by atoms with Gasteiger partial charge in [-0.3, -0.25) is 4.79 Å². The Labute approximate surface area is 190 Å². The van der Waals surface area contributed by atoms with E-state index in [1.54, 1.807) is 12.1 Å². The fourth-order valence-electron chi connectivity index (χ4n) is 4.57. The van der Waals surface area contributed by atoms with Crippen LogP contribution >= 0.6 is 0 Å². The zero-order chi connectivity index (χ0) is 23.7. The van der Waals surface area contributed by atoms with Gasteiger partial charge in [-0.15, -0.1) is 0 Å². The summed E-state index contributed by atoms with van der Waals surface area (Å²) in [6.07, 6.45) is 4.25. The summed E-state index contributed by atoms with van der Waals surface area (Å²) in [5.41, 5.74) is 5.34.